The van der Waals surface area contributed by atoms with Crippen LogP contribution >= 0.6 is 0 Å². The Bertz CT molecular complexity index is 292. The number of rotatable bonds is 5. The predicted octanol–water partition coefficient (Wildman–Crippen LogP) is 1.24. The summed E-state index contributed by atoms with van der Waals surface area (Å²) < 4.78 is 0. The van der Waals surface area contributed by atoms with Gasteiger partial charge in [0.2, 0.25) is 0 Å². The van der Waals surface area contributed by atoms with E-state index in [-0.39, 0.29) is 11.5 Å². The lowest BCUT2D eigenvalue weighted by Crippen LogP contribution is -2.42. The Balaban J connectivity index is 2.30. The van der Waals surface area contributed by atoms with Crippen molar-refractivity contribution in [3.8, 4) is 0 Å². The van der Waals surface area contributed by atoms with E-state index >= 15 is 0 Å². The first-order valence-corrected chi connectivity index (χ1v) is 6.75. The van der Waals surface area contributed by atoms with Gasteiger partial charge in [-0.25, -0.2) is 0 Å². The molecule has 1 aliphatic heterocycles. The fourth-order valence-electron chi connectivity index (χ4n) is 2.43. The van der Waals surface area contributed by atoms with Crippen LogP contribution in [0.15, 0.2) is 5.16 Å². The average Bonchev–Trinajstić information content (AvgIpc) is 2.32. The van der Waals surface area contributed by atoms with Crippen LogP contribution in [0.25, 0.3) is 0 Å². The molecule has 0 aromatic rings. The topological polar surface area (TPSA) is 82.1 Å². The third kappa shape index (κ3) is 4.14. The minimum atomic E-state index is -0.254. The molecule has 5 nitrogen and oxygen atoms in total. The molecule has 0 radical (unpaired) electrons. The molecule has 5 heteroatoms. The first-order valence-electron chi connectivity index (χ1n) is 6.75. The van der Waals surface area contributed by atoms with Crippen LogP contribution in [0.1, 0.15) is 40.0 Å². The monoisotopic (exact) mass is 257 g/mol. The van der Waals surface area contributed by atoms with Gasteiger partial charge in [0.05, 0.1) is 6.10 Å². The normalized spacial score (nSPS) is 27.4. The zero-order valence-corrected chi connectivity index (χ0v) is 11.8. The van der Waals surface area contributed by atoms with Gasteiger partial charge >= 0.3 is 0 Å². The molecule has 0 aliphatic carbocycles. The molecule has 0 aromatic carbocycles. The quantitative estimate of drug-likeness (QED) is 0.299. The lowest BCUT2D eigenvalue weighted by molar-refractivity contribution is 0.0340. The van der Waals surface area contributed by atoms with Crippen LogP contribution in [0.3, 0.4) is 0 Å². The summed E-state index contributed by atoms with van der Waals surface area (Å²) in [5.74, 6) is 0.653. The van der Waals surface area contributed by atoms with Crippen molar-refractivity contribution in [1.82, 2.24) is 4.90 Å². The van der Waals surface area contributed by atoms with Gasteiger partial charge in [-0.15, -0.1) is 0 Å². The molecule has 1 rings (SSSR count). The highest BCUT2D eigenvalue weighted by atomic mass is 16.4. The Hall–Kier alpha value is -0.810. The van der Waals surface area contributed by atoms with Crippen LogP contribution in [0.5, 0.6) is 0 Å². The van der Waals surface area contributed by atoms with Crippen molar-refractivity contribution in [2.75, 3.05) is 19.6 Å². The van der Waals surface area contributed by atoms with Crippen LogP contribution in [0, 0.1) is 11.3 Å². The summed E-state index contributed by atoms with van der Waals surface area (Å²) in [6.45, 7) is 9.02. The van der Waals surface area contributed by atoms with Crippen LogP contribution in [0.2, 0.25) is 0 Å². The summed E-state index contributed by atoms with van der Waals surface area (Å²) in [7, 11) is 0. The molecule has 1 saturated heterocycles. The van der Waals surface area contributed by atoms with Crippen molar-refractivity contribution in [3.05, 3.63) is 0 Å². The highest BCUT2D eigenvalue weighted by molar-refractivity contribution is 5.85. The van der Waals surface area contributed by atoms with Crippen LogP contribution < -0.4 is 5.73 Å². The lowest BCUT2D eigenvalue weighted by atomic mass is 9.86. The molecule has 0 amide bonds. The molecule has 0 spiro atoms. The van der Waals surface area contributed by atoms with Crippen molar-refractivity contribution < 1.29 is 10.3 Å². The van der Waals surface area contributed by atoms with Gasteiger partial charge in [-0.3, -0.25) is 0 Å². The van der Waals surface area contributed by atoms with E-state index in [2.05, 4.69) is 17.0 Å². The summed E-state index contributed by atoms with van der Waals surface area (Å²) in [4.78, 5) is 2.39. The summed E-state index contributed by atoms with van der Waals surface area (Å²) in [6, 6.07) is 0. The Morgan fingerprint density at radius 3 is 2.72 bits per heavy atom. The number of hydrogen-bond donors (Lipinski definition) is 3. The maximum atomic E-state index is 9.67. The van der Waals surface area contributed by atoms with E-state index in [1.54, 1.807) is 0 Å². The third-order valence-electron chi connectivity index (χ3n) is 4.02. The third-order valence-corrected chi connectivity index (χ3v) is 4.02. The minimum absolute atomic E-state index is 0.144. The van der Waals surface area contributed by atoms with Gasteiger partial charge in [0, 0.05) is 18.5 Å². The zero-order valence-electron chi connectivity index (χ0n) is 11.8. The van der Waals surface area contributed by atoms with Crippen molar-refractivity contribution in [1.29, 1.82) is 0 Å². The second-order valence-corrected chi connectivity index (χ2v) is 6.11. The highest BCUT2D eigenvalue weighted by Gasteiger charge is 2.26. The number of nitrogens with two attached hydrogens (primary N) is 1. The Morgan fingerprint density at radius 2 is 2.17 bits per heavy atom. The van der Waals surface area contributed by atoms with Gasteiger partial charge in [0.1, 0.15) is 5.84 Å². The lowest BCUT2D eigenvalue weighted by Gasteiger charge is -2.35. The van der Waals surface area contributed by atoms with Gasteiger partial charge < -0.3 is 20.9 Å². The number of oxime groups is 1. The zero-order chi connectivity index (χ0) is 13.8. The average molecular weight is 257 g/mol. The molecule has 0 aromatic heterocycles. The maximum Gasteiger partial charge on any atom is 0.144 e. The first kappa shape index (κ1) is 15.2. The standard InChI is InChI=1S/C13H27N3O2/c1-10-9-16(8-5-11(10)17)7-4-6-13(2,3)12(14)15-18/h10-11,17-18H,4-9H2,1-3H3,(H2,14,15). The van der Waals surface area contributed by atoms with Crippen molar-refractivity contribution in [2.45, 2.75) is 46.1 Å². The minimum Gasteiger partial charge on any atom is -0.409 e. The second-order valence-electron chi connectivity index (χ2n) is 6.11. The number of piperidine rings is 1. The number of aliphatic hydroxyl groups excluding tert-OH is 1. The van der Waals surface area contributed by atoms with Gasteiger partial charge in [0.15, 0.2) is 0 Å². The van der Waals surface area contributed by atoms with E-state index in [0.29, 0.717) is 11.8 Å². The molecule has 106 valence electrons. The molecular formula is C13H27N3O2. The smallest absolute Gasteiger partial charge is 0.144 e. The largest absolute Gasteiger partial charge is 0.409 e. The molecule has 0 bridgehead atoms. The van der Waals surface area contributed by atoms with Crippen LogP contribution in [-0.2, 0) is 0 Å². The van der Waals surface area contributed by atoms with Crippen molar-refractivity contribution in [2.24, 2.45) is 22.2 Å². The van der Waals surface area contributed by atoms with Crippen molar-refractivity contribution >= 4 is 5.84 Å². The van der Waals surface area contributed by atoms with Gasteiger partial charge in [-0.05, 0) is 31.7 Å². The van der Waals surface area contributed by atoms with E-state index in [1.165, 1.54) is 0 Å². The van der Waals surface area contributed by atoms with E-state index in [1.807, 2.05) is 13.8 Å². The van der Waals surface area contributed by atoms with Crippen LogP contribution in [0.4, 0.5) is 0 Å². The molecule has 1 aliphatic rings. The molecule has 1 heterocycles. The molecule has 4 N–H and O–H groups in total. The first-order chi connectivity index (χ1) is 8.36. The molecular weight excluding hydrogens is 230 g/mol. The number of likely N-dealkylation sites (tertiary alicyclic amines) is 1. The molecule has 18 heavy (non-hydrogen) atoms. The summed E-state index contributed by atoms with van der Waals surface area (Å²) in [6.07, 6.45) is 2.64. The number of aliphatic hydroxyl groups is 1. The Labute approximate surface area is 110 Å². The Morgan fingerprint density at radius 1 is 1.50 bits per heavy atom. The summed E-state index contributed by atoms with van der Waals surface area (Å²) >= 11 is 0. The molecule has 0 saturated carbocycles. The SMILES string of the molecule is CC1CN(CCCC(C)(C)C(N)=NO)CCC1O. The van der Waals surface area contributed by atoms with E-state index in [4.69, 9.17) is 10.9 Å². The molecule has 1 fully saturated rings. The maximum absolute atomic E-state index is 9.67. The Kier molecular flexibility index (Phi) is 5.41. The van der Waals surface area contributed by atoms with Gasteiger partial charge in [-0.2, -0.15) is 0 Å². The number of amidine groups is 1. The van der Waals surface area contributed by atoms with Crippen molar-refractivity contribution in [3.63, 3.8) is 0 Å². The number of hydrogen-bond acceptors (Lipinski definition) is 4. The highest BCUT2D eigenvalue weighted by Crippen LogP contribution is 2.23. The molecule has 2 atom stereocenters. The van der Waals surface area contributed by atoms with Crippen LogP contribution in [-0.4, -0.2) is 46.8 Å². The summed E-state index contributed by atoms with van der Waals surface area (Å²) in [5.41, 5.74) is 5.41. The van der Waals surface area contributed by atoms with E-state index in [9.17, 15) is 5.11 Å². The van der Waals surface area contributed by atoms with E-state index in [0.717, 1.165) is 38.9 Å². The van der Waals surface area contributed by atoms with E-state index < -0.39 is 0 Å². The number of nitrogens with zero attached hydrogens (tertiary/aromatic N) is 2. The van der Waals surface area contributed by atoms with Gasteiger partial charge in [-0.1, -0.05) is 25.9 Å². The summed E-state index contributed by atoms with van der Waals surface area (Å²) in [5, 5.41) is 21.5. The fourth-order valence-corrected chi connectivity index (χ4v) is 2.43. The second kappa shape index (κ2) is 6.38. The van der Waals surface area contributed by atoms with Gasteiger partial charge in [0.25, 0.3) is 0 Å². The predicted molar refractivity (Wildman–Crippen MR) is 72.7 cm³/mol. The fraction of sp³-hybridized carbons (Fsp3) is 0.923. The molecule has 2 unspecified atom stereocenters.